The van der Waals surface area contributed by atoms with Crippen molar-refractivity contribution in [3.63, 3.8) is 0 Å². The van der Waals surface area contributed by atoms with Gasteiger partial charge in [-0.2, -0.15) is 0 Å². The van der Waals surface area contributed by atoms with Crippen LogP contribution >= 0.6 is 0 Å². The second-order valence-electron chi connectivity index (χ2n) is 5.29. The minimum absolute atomic E-state index is 0.377. The van der Waals surface area contributed by atoms with E-state index in [0.29, 0.717) is 30.4 Å². The van der Waals surface area contributed by atoms with E-state index in [1.807, 2.05) is 0 Å². The largest absolute Gasteiger partial charge is 0.407 e. The highest BCUT2D eigenvalue weighted by molar-refractivity contribution is 5.25. The molecule has 0 aliphatic rings. The highest BCUT2D eigenvalue weighted by Gasteiger charge is 2.16. The SMILES string of the molecule is CCCN(c1nnc(CNCC(C)C)o1)C(C)C. The fourth-order valence-corrected chi connectivity index (χ4v) is 1.72. The van der Waals surface area contributed by atoms with Crippen LogP contribution in [0.1, 0.15) is 46.9 Å². The maximum Gasteiger partial charge on any atom is 0.318 e. The molecule has 0 fully saturated rings. The fraction of sp³-hybridized carbons (Fsp3) is 0.846. The maximum absolute atomic E-state index is 5.68. The van der Waals surface area contributed by atoms with E-state index in [4.69, 9.17) is 4.42 Å². The Morgan fingerprint density at radius 2 is 1.94 bits per heavy atom. The summed E-state index contributed by atoms with van der Waals surface area (Å²) in [5.74, 6) is 1.28. The van der Waals surface area contributed by atoms with E-state index in [0.717, 1.165) is 19.5 Å². The van der Waals surface area contributed by atoms with Gasteiger partial charge in [-0.25, -0.2) is 0 Å². The highest BCUT2D eigenvalue weighted by Crippen LogP contribution is 2.15. The van der Waals surface area contributed by atoms with E-state index in [-0.39, 0.29) is 0 Å². The monoisotopic (exact) mass is 254 g/mol. The summed E-state index contributed by atoms with van der Waals surface area (Å²) in [6, 6.07) is 1.01. The molecule has 0 saturated carbocycles. The van der Waals surface area contributed by atoms with Crippen molar-refractivity contribution < 1.29 is 4.42 Å². The Morgan fingerprint density at radius 1 is 1.22 bits per heavy atom. The smallest absolute Gasteiger partial charge is 0.318 e. The zero-order chi connectivity index (χ0) is 13.5. The first-order chi connectivity index (χ1) is 8.54. The Labute approximate surface area is 110 Å². The number of nitrogens with zero attached hydrogens (tertiary/aromatic N) is 3. The lowest BCUT2D eigenvalue weighted by molar-refractivity contribution is 0.440. The summed E-state index contributed by atoms with van der Waals surface area (Å²) in [6.45, 7) is 13.3. The first kappa shape index (κ1) is 15.0. The van der Waals surface area contributed by atoms with Gasteiger partial charge in [-0.15, -0.1) is 5.10 Å². The molecule has 1 N–H and O–H groups in total. The first-order valence-electron chi connectivity index (χ1n) is 6.84. The van der Waals surface area contributed by atoms with Gasteiger partial charge in [0.15, 0.2) is 0 Å². The van der Waals surface area contributed by atoms with E-state index < -0.39 is 0 Å². The molecule has 104 valence electrons. The average molecular weight is 254 g/mol. The minimum atomic E-state index is 0.377. The van der Waals surface area contributed by atoms with Crippen LogP contribution < -0.4 is 10.2 Å². The Hall–Kier alpha value is -1.10. The van der Waals surface area contributed by atoms with Gasteiger partial charge in [0, 0.05) is 12.6 Å². The molecule has 5 heteroatoms. The summed E-state index contributed by atoms with van der Waals surface area (Å²) >= 11 is 0. The van der Waals surface area contributed by atoms with E-state index >= 15 is 0 Å². The summed E-state index contributed by atoms with van der Waals surface area (Å²) < 4.78 is 5.68. The summed E-state index contributed by atoms with van der Waals surface area (Å²) in [5, 5.41) is 11.5. The molecule has 0 unspecified atom stereocenters. The van der Waals surface area contributed by atoms with Gasteiger partial charge in [0.2, 0.25) is 5.89 Å². The molecule has 1 rings (SSSR count). The van der Waals surface area contributed by atoms with Gasteiger partial charge in [-0.3, -0.25) is 0 Å². The van der Waals surface area contributed by atoms with Crippen LogP contribution in [-0.4, -0.2) is 29.3 Å². The van der Waals surface area contributed by atoms with Crippen LogP contribution in [-0.2, 0) is 6.54 Å². The van der Waals surface area contributed by atoms with Crippen molar-refractivity contribution >= 4 is 6.01 Å². The number of anilines is 1. The third kappa shape index (κ3) is 4.64. The van der Waals surface area contributed by atoms with Crippen LogP contribution in [0, 0.1) is 5.92 Å². The van der Waals surface area contributed by atoms with Crippen LogP contribution in [0.2, 0.25) is 0 Å². The first-order valence-corrected chi connectivity index (χ1v) is 6.84. The summed E-state index contributed by atoms with van der Waals surface area (Å²) in [6.07, 6.45) is 1.07. The van der Waals surface area contributed by atoms with Crippen LogP contribution in [0.25, 0.3) is 0 Å². The van der Waals surface area contributed by atoms with E-state index in [9.17, 15) is 0 Å². The van der Waals surface area contributed by atoms with Crippen molar-refractivity contribution in [2.75, 3.05) is 18.0 Å². The lowest BCUT2D eigenvalue weighted by atomic mass is 10.2. The van der Waals surface area contributed by atoms with Gasteiger partial charge < -0.3 is 14.6 Å². The lowest BCUT2D eigenvalue weighted by Gasteiger charge is -2.23. The molecule has 5 nitrogen and oxygen atoms in total. The van der Waals surface area contributed by atoms with Crippen molar-refractivity contribution in [3.05, 3.63) is 5.89 Å². The van der Waals surface area contributed by atoms with Crippen molar-refractivity contribution in [1.29, 1.82) is 0 Å². The number of hydrogen-bond donors (Lipinski definition) is 1. The lowest BCUT2D eigenvalue weighted by Crippen LogP contribution is -2.31. The Kier molecular flexibility index (Phi) is 6.12. The van der Waals surface area contributed by atoms with E-state index in [2.05, 4.69) is 55.0 Å². The number of hydrogen-bond acceptors (Lipinski definition) is 5. The van der Waals surface area contributed by atoms with Gasteiger partial charge in [0.05, 0.1) is 6.54 Å². The third-order valence-electron chi connectivity index (χ3n) is 2.62. The summed E-state index contributed by atoms with van der Waals surface area (Å²) in [7, 11) is 0. The fourth-order valence-electron chi connectivity index (χ4n) is 1.72. The molecule has 0 bridgehead atoms. The Bertz CT molecular complexity index is 335. The molecule has 1 heterocycles. The van der Waals surface area contributed by atoms with Gasteiger partial charge in [0.1, 0.15) is 0 Å². The number of aromatic nitrogens is 2. The van der Waals surface area contributed by atoms with Gasteiger partial charge in [-0.05, 0) is 32.7 Å². The minimum Gasteiger partial charge on any atom is -0.407 e. The second kappa shape index (κ2) is 7.36. The molecule has 0 amide bonds. The zero-order valence-electron chi connectivity index (χ0n) is 12.2. The highest BCUT2D eigenvalue weighted by atomic mass is 16.4. The van der Waals surface area contributed by atoms with Crippen LogP contribution in [0.3, 0.4) is 0 Å². The van der Waals surface area contributed by atoms with Crippen LogP contribution in [0.4, 0.5) is 6.01 Å². The molecule has 0 aliphatic heterocycles. The quantitative estimate of drug-likeness (QED) is 0.772. The van der Waals surface area contributed by atoms with Gasteiger partial charge >= 0.3 is 6.01 Å². The van der Waals surface area contributed by atoms with Crippen molar-refractivity contribution in [1.82, 2.24) is 15.5 Å². The molecule has 0 spiro atoms. The van der Waals surface area contributed by atoms with Crippen molar-refractivity contribution in [2.24, 2.45) is 5.92 Å². The predicted octanol–water partition coefficient (Wildman–Crippen LogP) is 2.44. The normalized spacial score (nSPS) is 11.5. The number of rotatable bonds is 8. The van der Waals surface area contributed by atoms with Crippen molar-refractivity contribution in [3.8, 4) is 0 Å². The Balaban J connectivity index is 2.55. The molecule has 0 saturated heterocycles. The molecular weight excluding hydrogens is 228 g/mol. The molecule has 1 aromatic heterocycles. The molecule has 18 heavy (non-hydrogen) atoms. The zero-order valence-corrected chi connectivity index (χ0v) is 12.2. The maximum atomic E-state index is 5.68. The predicted molar refractivity (Wildman–Crippen MR) is 73.6 cm³/mol. The molecule has 0 radical (unpaired) electrons. The second-order valence-corrected chi connectivity index (χ2v) is 5.29. The van der Waals surface area contributed by atoms with E-state index in [1.54, 1.807) is 0 Å². The van der Waals surface area contributed by atoms with Crippen LogP contribution in [0.5, 0.6) is 0 Å². The standard InChI is InChI=1S/C13H26N4O/c1-6-7-17(11(4)5)13-16-15-12(18-13)9-14-8-10(2)3/h10-11,14H,6-9H2,1-5H3. The van der Waals surface area contributed by atoms with Gasteiger partial charge in [-0.1, -0.05) is 25.9 Å². The third-order valence-corrected chi connectivity index (χ3v) is 2.62. The van der Waals surface area contributed by atoms with Crippen LogP contribution in [0.15, 0.2) is 4.42 Å². The summed E-state index contributed by atoms with van der Waals surface area (Å²) in [4.78, 5) is 2.14. The van der Waals surface area contributed by atoms with Crippen molar-refractivity contribution in [2.45, 2.75) is 53.6 Å². The molecule has 0 atom stereocenters. The average Bonchev–Trinajstić information content (AvgIpc) is 2.73. The Morgan fingerprint density at radius 3 is 2.50 bits per heavy atom. The van der Waals surface area contributed by atoms with Gasteiger partial charge in [0.25, 0.3) is 0 Å². The number of nitrogens with one attached hydrogen (secondary N) is 1. The molecule has 1 aromatic rings. The summed E-state index contributed by atoms with van der Waals surface area (Å²) in [5.41, 5.74) is 0. The molecular formula is C13H26N4O. The molecule has 0 aromatic carbocycles. The molecule has 0 aliphatic carbocycles. The topological polar surface area (TPSA) is 54.2 Å². The van der Waals surface area contributed by atoms with E-state index in [1.165, 1.54) is 0 Å².